The summed E-state index contributed by atoms with van der Waals surface area (Å²) in [6, 6.07) is 8.24. The van der Waals surface area contributed by atoms with E-state index < -0.39 is 0 Å². The van der Waals surface area contributed by atoms with Crippen molar-refractivity contribution >= 4 is 17.6 Å². The molecule has 1 aromatic carbocycles. The molecule has 0 radical (unpaired) electrons. The summed E-state index contributed by atoms with van der Waals surface area (Å²) in [5.41, 5.74) is 4.02. The van der Waals surface area contributed by atoms with Crippen molar-refractivity contribution in [1.29, 1.82) is 0 Å². The van der Waals surface area contributed by atoms with Crippen molar-refractivity contribution in [2.24, 2.45) is 5.92 Å². The number of aryl methyl sites for hydroxylation is 3. The van der Waals surface area contributed by atoms with E-state index in [2.05, 4.69) is 40.1 Å². The minimum atomic E-state index is 0.00215. The maximum atomic E-state index is 13.4. The number of fused-ring (bicyclic) bond motifs is 1. The summed E-state index contributed by atoms with van der Waals surface area (Å²) in [5.74, 6) is 2.23. The summed E-state index contributed by atoms with van der Waals surface area (Å²) >= 11 is 0. The van der Waals surface area contributed by atoms with Gasteiger partial charge in [-0.3, -0.25) is 9.59 Å². The zero-order valence-corrected chi connectivity index (χ0v) is 21.1. The fourth-order valence-corrected chi connectivity index (χ4v) is 5.22. The van der Waals surface area contributed by atoms with Crippen molar-refractivity contribution in [3.63, 3.8) is 0 Å². The molecule has 1 atom stereocenters. The summed E-state index contributed by atoms with van der Waals surface area (Å²) in [5, 5.41) is 3.17. The Morgan fingerprint density at radius 2 is 1.85 bits per heavy atom. The predicted molar refractivity (Wildman–Crippen MR) is 134 cm³/mol. The van der Waals surface area contributed by atoms with Crippen LogP contribution in [0.15, 0.2) is 24.3 Å². The number of rotatable bonds is 6. The molecule has 2 aromatic rings. The summed E-state index contributed by atoms with van der Waals surface area (Å²) in [4.78, 5) is 38.8. The highest BCUT2D eigenvalue weighted by Gasteiger charge is 2.29. The SMILES string of the molecule is Cc1cc(N2CCC(N(C)C(=O)c3ccc4c(c3)C(NC(=O)CC(C)C)CC4)CC2)nc(C)n1. The molecule has 1 aliphatic carbocycles. The molecule has 0 saturated carbocycles. The van der Waals surface area contributed by atoms with Crippen LogP contribution < -0.4 is 10.2 Å². The first-order valence-corrected chi connectivity index (χ1v) is 12.5. The molecule has 7 nitrogen and oxygen atoms in total. The van der Waals surface area contributed by atoms with Gasteiger partial charge in [-0.2, -0.15) is 0 Å². The fourth-order valence-electron chi connectivity index (χ4n) is 5.22. The number of amides is 2. The van der Waals surface area contributed by atoms with Crippen LogP contribution in [-0.2, 0) is 11.2 Å². The molecule has 182 valence electrons. The number of hydrogen-bond acceptors (Lipinski definition) is 5. The maximum Gasteiger partial charge on any atom is 0.253 e. The van der Waals surface area contributed by atoms with E-state index in [-0.39, 0.29) is 23.9 Å². The third-order valence-electron chi connectivity index (χ3n) is 7.01. The van der Waals surface area contributed by atoms with Gasteiger partial charge in [0.05, 0.1) is 6.04 Å². The Morgan fingerprint density at radius 3 is 2.53 bits per heavy atom. The first-order valence-electron chi connectivity index (χ1n) is 12.5. The van der Waals surface area contributed by atoms with Gasteiger partial charge in [0.25, 0.3) is 5.91 Å². The number of carbonyl (C=O) groups excluding carboxylic acids is 2. The van der Waals surface area contributed by atoms with E-state index in [1.54, 1.807) is 0 Å². The topological polar surface area (TPSA) is 78.4 Å². The van der Waals surface area contributed by atoms with Crippen LogP contribution in [0.2, 0.25) is 0 Å². The molecular weight excluding hydrogens is 426 g/mol. The average molecular weight is 464 g/mol. The smallest absolute Gasteiger partial charge is 0.253 e. The second-order valence-electron chi connectivity index (χ2n) is 10.2. The first kappa shape index (κ1) is 24.2. The number of benzene rings is 1. The Labute approximate surface area is 203 Å². The van der Waals surface area contributed by atoms with Crippen LogP contribution in [0.1, 0.15) is 78.6 Å². The Hall–Kier alpha value is -2.96. The van der Waals surface area contributed by atoms with Crippen LogP contribution in [0.25, 0.3) is 0 Å². The molecule has 2 aliphatic rings. The third-order valence-corrected chi connectivity index (χ3v) is 7.01. The second kappa shape index (κ2) is 10.1. The van der Waals surface area contributed by atoms with Gasteiger partial charge in [0.15, 0.2) is 0 Å². The van der Waals surface area contributed by atoms with E-state index in [9.17, 15) is 9.59 Å². The highest BCUT2D eigenvalue weighted by atomic mass is 16.2. The minimum Gasteiger partial charge on any atom is -0.356 e. The lowest BCUT2D eigenvalue weighted by Gasteiger charge is -2.37. The van der Waals surface area contributed by atoms with E-state index in [0.29, 0.717) is 17.9 Å². The number of hydrogen-bond donors (Lipinski definition) is 1. The Morgan fingerprint density at radius 1 is 1.12 bits per heavy atom. The van der Waals surface area contributed by atoms with Crippen LogP contribution in [-0.4, -0.2) is 52.9 Å². The summed E-state index contributed by atoms with van der Waals surface area (Å²) in [7, 11) is 1.91. The largest absolute Gasteiger partial charge is 0.356 e. The molecule has 34 heavy (non-hydrogen) atoms. The van der Waals surface area contributed by atoms with Crippen LogP contribution in [0.4, 0.5) is 5.82 Å². The van der Waals surface area contributed by atoms with E-state index in [1.807, 2.05) is 44.0 Å². The molecule has 1 saturated heterocycles. The van der Waals surface area contributed by atoms with E-state index in [1.165, 1.54) is 5.56 Å². The van der Waals surface area contributed by atoms with Gasteiger partial charge in [0.2, 0.25) is 5.91 Å². The van der Waals surface area contributed by atoms with Gasteiger partial charge in [-0.05, 0) is 68.7 Å². The molecule has 1 fully saturated rings. The molecule has 0 bridgehead atoms. The lowest BCUT2D eigenvalue weighted by atomic mass is 10.00. The van der Waals surface area contributed by atoms with Crippen molar-refractivity contribution < 1.29 is 9.59 Å². The van der Waals surface area contributed by atoms with E-state index >= 15 is 0 Å². The molecule has 1 unspecified atom stereocenters. The fraction of sp³-hybridized carbons (Fsp3) is 0.556. The monoisotopic (exact) mass is 463 g/mol. The van der Waals surface area contributed by atoms with Crippen molar-refractivity contribution in [2.75, 3.05) is 25.0 Å². The van der Waals surface area contributed by atoms with Gasteiger partial charge in [-0.25, -0.2) is 9.97 Å². The average Bonchev–Trinajstić information content (AvgIpc) is 3.18. The van der Waals surface area contributed by atoms with E-state index in [0.717, 1.165) is 61.7 Å². The normalized spacial score (nSPS) is 18.2. The standard InChI is InChI=1S/C27H37N5O2/c1-17(2)14-26(33)30-24-9-8-20-6-7-21(16-23(20)24)27(34)31(5)22-10-12-32(13-11-22)25-15-18(3)28-19(4)29-25/h6-7,15-17,22,24H,8-14H2,1-5H3,(H,30,33). The lowest BCUT2D eigenvalue weighted by Crippen LogP contribution is -2.46. The number of aromatic nitrogens is 2. The molecular formula is C27H37N5O2. The molecule has 1 aliphatic heterocycles. The molecule has 7 heteroatoms. The predicted octanol–water partition coefficient (Wildman–Crippen LogP) is 3.98. The zero-order valence-electron chi connectivity index (χ0n) is 21.1. The number of piperidine rings is 1. The first-order chi connectivity index (χ1) is 16.2. The van der Waals surface area contributed by atoms with Gasteiger partial charge in [0, 0.05) is 49.9 Å². The van der Waals surface area contributed by atoms with Gasteiger partial charge < -0.3 is 15.1 Å². The highest BCUT2D eigenvalue weighted by molar-refractivity contribution is 5.94. The molecule has 1 N–H and O–H groups in total. The molecule has 1 aromatic heterocycles. The Kier molecular flexibility index (Phi) is 7.19. The minimum absolute atomic E-state index is 0.00215. The zero-order chi connectivity index (χ0) is 24.4. The number of nitrogens with zero attached hydrogens (tertiary/aromatic N) is 4. The van der Waals surface area contributed by atoms with Crippen LogP contribution in [0.3, 0.4) is 0 Å². The highest BCUT2D eigenvalue weighted by Crippen LogP contribution is 2.33. The molecule has 4 rings (SSSR count). The molecule has 2 amide bonds. The summed E-state index contributed by atoms with van der Waals surface area (Å²) in [6.45, 7) is 9.75. The Balaban J connectivity index is 1.40. The van der Waals surface area contributed by atoms with Gasteiger partial charge in [0.1, 0.15) is 11.6 Å². The number of anilines is 1. The van der Waals surface area contributed by atoms with Gasteiger partial charge in [-0.15, -0.1) is 0 Å². The van der Waals surface area contributed by atoms with Crippen LogP contribution in [0.5, 0.6) is 0 Å². The van der Waals surface area contributed by atoms with Crippen molar-refractivity contribution in [3.8, 4) is 0 Å². The Bertz CT molecular complexity index is 1040. The quantitative estimate of drug-likeness (QED) is 0.701. The van der Waals surface area contributed by atoms with Gasteiger partial charge >= 0.3 is 0 Å². The maximum absolute atomic E-state index is 13.4. The lowest BCUT2D eigenvalue weighted by molar-refractivity contribution is -0.122. The second-order valence-corrected chi connectivity index (χ2v) is 10.2. The van der Waals surface area contributed by atoms with Crippen LogP contribution in [0, 0.1) is 19.8 Å². The van der Waals surface area contributed by atoms with Crippen molar-refractivity contribution in [1.82, 2.24) is 20.2 Å². The summed E-state index contributed by atoms with van der Waals surface area (Å²) in [6.07, 6.45) is 4.17. The molecule has 2 heterocycles. The number of nitrogens with one attached hydrogen (secondary N) is 1. The molecule has 0 spiro atoms. The van der Waals surface area contributed by atoms with Crippen LogP contribution >= 0.6 is 0 Å². The number of carbonyl (C=O) groups is 2. The third kappa shape index (κ3) is 5.40. The van der Waals surface area contributed by atoms with Crippen molar-refractivity contribution in [3.05, 3.63) is 52.5 Å². The van der Waals surface area contributed by atoms with E-state index in [4.69, 9.17) is 0 Å². The summed E-state index contributed by atoms with van der Waals surface area (Å²) < 4.78 is 0. The van der Waals surface area contributed by atoms with Gasteiger partial charge in [-0.1, -0.05) is 19.9 Å². The van der Waals surface area contributed by atoms with Crippen molar-refractivity contribution in [2.45, 2.75) is 71.9 Å².